The van der Waals surface area contributed by atoms with Gasteiger partial charge < -0.3 is 23.4 Å². The lowest BCUT2D eigenvalue weighted by Crippen LogP contribution is -2.16. The molecule has 0 radical (unpaired) electrons. The first-order valence-corrected chi connectivity index (χ1v) is 42.3. The van der Waals surface area contributed by atoms with Crippen LogP contribution < -0.4 is 9.80 Å². The largest absolute Gasteiger partial charge is 0.456 e. The Kier molecular flexibility index (Phi) is 16.4. The summed E-state index contributed by atoms with van der Waals surface area (Å²) >= 11 is 1.86. The molecule has 0 unspecified atom stereocenters. The van der Waals surface area contributed by atoms with Gasteiger partial charge in [0.2, 0.25) is 0 Å². The van der Waals surface area contributed by atoms with Crippen LogP contribution in [0.5, 0.6) is 0 Å². The number of benzene rings is 18. The maximum atomic E-state index is 6.27. The quantitative estimate of drug-likeness (QED) is 0.122. The smallest absolute Gasteiger partial charge is 0.135 e. The normalized spacial score (nSPS) is 13.0. The standard InChI is InChI=1S/C57H40N2O.C57H40N2S/c2*1-57(2)51-17-9-6-14-45(51)46-31-29-44(36-52(46)57)58(43-30-33-56-50(35-43)48-16-8-11-19-55(48)60-56)41-25-22-39(23-26-41)40-24-32-54-49(34-40)47-15-7-10-18-53(47)59(54)42-27-20-38(21-28-42)37-12-4-3-5-13-37/h2*3-36H,1-2H3. The zero-order valence-electron chi connectivity index (χ0n) is 66.9. The van der Waals surface area contributed by atoms with Crippen LogP contribution >= 0.6 is 11.3 Å². The summed E-state index contributed by atoms with van der Waals surface area (Å²) in [7, 11) is 0. The van der Waals surface area contributed by atoms with Gasteiger partial charge in [-0.2, -0.15) is 0 Å². The van der Waals surface area contributed by atoms with Gasteiger partial charge in [-0.25, -0.2) is 0 Å². The molecule has 0 N–H and O–H groups in total. The van der Waals surface area contributed by atoms with E-state index < -0.39 is 0 Å². The maximum absolute atomic E-state index is 6.27. The second kappa shape index (κ2) is 28.0. The van der Waals surface area contributed by atoms with Crippen molar-refractivity contribution in [1.82, 2.24) is 9.13 Å². The van der Waals surface area contributed by atoms with Gasteiger partial charge >= 0.3 is 0 Å². The topological polar surface area (TPSA) is 29.5 Å². The summed E-state index contributed by atoms with van der Waals surface area (Å²) in [5, 5.41) is 9.82. The summed E-state index contributed by atoms with van der Waals surface area (Å²) < 4.78 is 13.7. The van der Waals surface area contributed by atoms with Crippen LogP contribution in [0, 0.1) is 0 Å². The van der Waals surface area contributed by atoms with Crippen LogP contribution in [0.15, 0.2) is 417 Å². The molecule has 0 amide bonds. The molecule has 5 nitrogen and oxygen atoms in total. The lowest BCUT2D eigenvalue weighted by Gasteiger charge is -2.28. The van der Waals surface area contributed by atoms with Crippen LogP contribution in [-0.4, -0.2) is 9.13 Å². The number of hydrogen-bond acceptors (Lipinski definition) is 4. The zero-order valence-corrected chi connectivity index (χ0v) is 67.7. The molecule has 0 fully saturated rings. The lowest BCUT2D eigenvalue weighted by molar-refractivity contribution is 0.660. The summed E-state index contributed by atoms with van der Waals surface area (Å²) in [6.45, 7) is 9.42. The molecule has 0 saturated heterocycles. The van der Waals surface area contributed by atoms with Crippen molar-refractivity contribution in [3.63, 3.8) is 0 Å². The van der Waals surface area contributed by atoms with E-state index in [4.69, 9.17) is 4.42 Å². The van der Waals surface area contributed by atoms with Crippen molar-refractivity contribution in [2.75, 3.05) is 9.80 Å². The molecule has 2 aliphatic rings. The third kappa shape index (κ3) is 11.6. The Labute approximate surface area is 701 Å². The molecule has 22 aromatic rings. The third-order valence-electron chi connectivity index (χ3n) is 25.6. The van der Waals surface area contributed by atoms with E-state index in [-0.39, 0.29) is 10.8 Å². The minimum atomic E-state index is -0.116. The van der Waals surface area contributed by atoms with Gasteiger partial charge in [-0.3, -0.25) is 0 Å². The summed E-state index contributed by atoms with van der Waals surface area (Å²) in [5.74, 6) is 0. The molecule has 0 saturated carbocycles. The Morgan fingerprint density at radius 3 is 1.07 bits per heavy atom. The first kappa shape index (κ1) is 70.6. The zero-order chi connectivity index (χ0) is 79.9. The van der Waals surface area contributed by atoms with E-state index >= 15 is 0 Å². The van der Waals surface area contributed by atoms with Crippen molar-refractivity contribution in [3.05, 3.63) is 435 Å². The van der Waals surface area contributed by atoms with Gasteiger partial charge in [0.1, 0.15) is 11.2 Å². The molecular weight excluding hydrogens is 1470 g/mol. The van der Waals surface area contributed by atoms with Crippen molar-refractivity contribution in [3.8, 4) is 78.1 Å². The molecule has 18 aromatic carbocycles. The average Bonchev–Trinajstić information content (AvgIpc) is 1.58. The summed E-state index contributed by atoms with van der Waals surface area (Å²) in [6, 6.07) is 151. The molecule has 0 bridgehead atoms. The van der Waals surface area contributed by atoms with Crippen LogP contribution in [0.1, 0.15) is 49.9 Å². The Balaban J connectivity index is 0.000000140. The van der Waals surface area contributed by atoms with E-state index in [1.165, 1.54) is 153 Å². The fourth-order valence-corrected chi connectivity index (χ4v) is 20.7. The molecular formula is C114H80N4OS. The maximum Gasteiger partial charge on any atom is 0.135 e. The molecule has 568 valence electrons. The van der Waals surface area contributed by atoms with E-state index in [0.29, 0.717) is 0 Å². The fourth-order valence-electron chi connectivity index (χ4n) is 19.6. The highest BCUT2D eigenvalue weighted by Crippen LogP contribution is 2.54. The van der Waals surface area contributed by atoms with Crippen molar-refractivity contribution in [2.45, 2.75) is 38.5 Å². The number of fused-ring (bicyclic) bond motifs is 18. The predicted octanol–water partition coefficient (Wildman–Crippen LogP) is 32.1. The van der Waals surface area contributed by atoms with E-state index in [0.717, 1.165) is 67.4 Å². The van der Waals surface area contributed by atoms with Crippen molar-refractivity contribution >= 4 is 131 Å². The Morgan fingerprint density at radius 1 is 0.217 bits per heavy atom. The van der Waals surface area contributed by atoms with E-state index in [1.54, 1.807) is 0 Å². The number of aromatic nitrogens is 2. The van der Waals surface area contributed by atoms with E-state index in [2.05, 4.69) is 447 Å². The fraction of sp³-hybridized carbons (Fsp3) is 0.0526. The highest BCUT2D eigenvalue weighted by Gasteiger charge is 2.38. The Bertz CT molecular complexity index is 7350. The van der Waals surface area contributed by atoms with Crippen molar-refractivity contribution in [2.24, 2.45) is 0 Å². The molecule has 120 heavy (non-hydrogen) atoms. The van der Waals surface area contributed by atoms with Crippen LogP contribution in [0.3, 0.4) is 0 Å². The molecule has 0 aliphatic heterocycles. The van der Waals surface area contributed by atoms with Gasteiger partial charge in [-0.1, -0.05) is 282 Å². The number of anilines is 6. The van der Waals surface area contributed by atoms with Crippen LogP contribution in [0.25, 0.3) is 164 Å². The molecule has 0 atom stereocenters. The van der Waals surface area contributed by atoms with Crippen LogP contribution in [0.2, 0.25) is 0 Å². The minimum absolute atomic E-state index is 0.0988. The number of hydrogen-bond donors (Lipinski definition) is 0. The molecule has 6 heteroatoms. The minimum Gasteiger partial charge on any atom is -0.456 e. The van der Waals surface area contributed by atoms with Gasteiger partial charge in [0, 0.05) is 109 Å². The molecule has 4 aromatic heterocycles. The van der Waals surface area contributed by atoms with Crippen molar-refractivity contribution < 1.29 is 4.42 Å². The Hall–Kier alpha value is -14.8. The van der Waals surface area contributed by atoms with Gasteiger partial charge in [0.05, 0.1) is 22.1 Å². The first-order chi connectivity index (χ1) is 59.0. The number of rotatable bonds is 12. The van der Waals surface area contributed by atoms with Gasteiger partial charge in [-0.15, -0.1) is 11.3 Å². The van der Waals surface area contributed by atoms with Gasteiger partial charge in [0.25, 0.3) is 0 Å². The summed E-state index contributed by atoms with van der Waals surface area (Å²) in [5.41, 5.74) is 35.8. The van der Waals surface area contributed by atoms with Gasteiger partial charge in [0.15, 0.2) is 0 Å². The van der Waals surface area contributed by atoms with Crippen molar-refractivity contribution in [1.29, 1.82) is 0 Å². The summed E-state index contributed by atoms with van der Waals surface area (Å²) in [4.78, 5) is 4.83. The number of para-hydroxylation sites is 3. The monoisotopic (exact) mass is 1550 g/mol. The first-order valence-electron chi connectivity index (χ1n) is 41.5. The summed E-state index contributed by atoms with van der Waals surface area (Å²) in [6.07, 6.45) is 0. The van der Waals surface area contributed by atoms with Crippen LogP contribution in [0.4, 0.5) is 34.1 Å². The predicted molar refractivity (Wildman–Crippen MR) is 508 cm³/mol. The molecule has 0 spiro atoms. The number of furan rings is 1. The highest BCUT2D eigenvalue weighted by atomic mass is 32.1. The van der Waals surface area contributed by atoms with Gasteiger partial charge in [-0.05, 0) is 247 Å². The third-order valence-corrected chi connectivity index (χ3v) is 26.8. The Morgan fingerprint density at radius 2 is 0.558 bits per heavy atom. The molecule has 24 rings (SSSR count). The second-order valence-corrected chi connectivity index (χ2v) is 34.2. The van der Waals surface area contributed by atoms with Crippen LogP contribution in [-0.2, 0) is 10.8 Å². The highest BCUT2D eigenvalue weighted by molar-refractivity contribution is 7.25. The van der Waals surface area contributed by atoms with E-state index in [9.17, 15) is 0 Å². The lowest BCUT2D eigenvalue weighted by atomic mass is 9.82. The molecule has 2 aliphatic carbocycles. The average molecular weight is 1550 g/mol. The molecule has 4 heterocycles. The number of nitrogens with zero attached hydrogens (tertiary/aromatic N) is 4. The number of thiophene rings is 1. The SMILES string of the molecule is CC1(C)c2ccccc2-c2ccc(N(c3ccc(-c4ccc5c(c4)c4ccccc4n5-c4ccc(-c5ccccc5)cc4)cc3)c3ccc4oc5ccccc5c4c3)cc21.CC1(C)c2ccccc2-c2ccc(N(c3ccc(-c4ccc5c(c4)c4ccccc4n5-c4ccc(-c5ccccc5)cc4)cc3)c3ccc4sc5ccccc5c4c3)cc21. The van der Waals surface area contributed by atoms with E-state index in [1.807, 2.05) is 23.5 Å². The second-order valence-electron chi connectivity index (χ2n) is 33.1.